The van der Waals surface area contributed by atoms with E-state index in [1.165, 1.54) is 15.7 Å². The number of aromatic nitrogens is 3. The van der Waals surface area contributed by atoms with Crippen LogP contribution in [0.25, 0.3) is 11.3 Å². The second-order valence-electron chi connectivity index (χ2n) is 10.6. The van der Waals surface area contributed by atoms with Crippen LogP contribution in [-0.2, 0) is 29.0 Å². The van der Waals surface area contributed by atoms with Gasteiger partial charge >= 0.3 is 11.7 Å². The maximum atomic E-state index is 13.4. The zero-order chi connectivity index (χ0) is 29.7. The lowest BCUT2D eigenvalue weighted by Crippen LogP contribution is -2.42. The van der Waals surface area contributed by atoms with Crippen molar-refractivity contribution in [3.05, 3.63) is 81.0 Å². The van der Waals surface area contributed by atoms with Gasteiger partial charge in [-0.25, -0.2) is 14.3 Å². The normalized spacial score (nSPS) is 12.6. The highest BCUT2D eigenvalue weighted by Crippen LogP contribution is 2.24. The molecule has 1 atom stereocenters. The molecule has 41 heavy (non-hydrogen) atoms. The summed E-state index contributed by atoms with van der Waals surface area (Å²) in [5.41, 5.74) is 0.328. The van der Waals surface area contributed by atoms with Gasteiger partial charge in [0.2, 0.25) is 5.60 Å². The maximum absolute atomic E-state index is 13.4. The molecule has 0 bridgehead atoms. The van der Waals surface area contributed by atoms with Crippen molar-refractivity contribution >= 4 is 5.97 Å². The first-order chi connectivity index (χ1) is 19.8. The fraction of sp³-hybridized carbons (Fsp3) is 0.515. The van der Waals surface area contributed by atoms with Crippen LogP contribution in [-0.4, -0.2) is 32.5 Å². The van der Waals surface area contributed by atoms with E-state index in [0.29, 0.717) is 49.5 Å². The first-order valence-corrected chi connectivity index (χ1v) is 15.1. The smallest absolute Gasteiger partial charge is 0.350 e. The fourth-order valence-corrected chi connectivity index (χ4v) is 4.71. The summed E-state index contributed by atoms with van der Waals surface area (Å²) < 4.78 is 14.1. The van der Waals surface area contributed by atoms with Crippen LogP contribution in [0.5, 0.6) is 5.75 Å². The number of hydrogen-bond donors (Lipinski definition) is 0. The minimum Gasteiger partial charge on any atom is -0.476 e. The Balaban J connectivity index is 1.70. The summed E-state index contributed by atoms with van der Waals surface area (Å²) in [6.45, 7) is 8.71. The Labute approximate surface area is 243 Å². The predicted molar refractivity (Wildman–Crippen MR) is 162 cm³/mol. The molecular formula is C33H45N3O5. The highest BCUT2D eigenvalue weighted by molar-refractivity contribution is 5.79. The van der Waals surface area contributed by atoms with Crippen LogP contribution in [0.2, 0.25) is 0 Å². The molecule has 0 aliphatic rings. The van der Waals surface area contributed by atoms with Crippen LogP contribution in [0.1, 0.15) is 84.6 Å². The Kier molecular flexibility index (Phi) is 12.4. The van der Waals surface area contributed by atoms with Crippen LogP contribution in [0, 0.1) is 0 Å². The fourth-order valence-electron chi connectivity index (χ4n) is 4.71. The molecule has 8 nitrogen and oxygen atoms in total. The number of rotatable bonds is 17. The Hall–Kier alpha value is -3.68. The largest absolute Gasteiger partial charge is 0.476 e. The Morgan fingerprint density at radius 2 is 1.61 bits per heavy atom. The van der Waals surface area contributed by atoms with Gasteiger partial charge in [-0.1, -0.05) is 82.0 Å². The first kappa shape index (κ1) is 31.8. The number of aryl methyl sites for hydroxylation is 2. The van der Waals surface area contributed by atoms with Gasteiger partial charge in [0, 0.05) is 18.7 Å². The highest BCUT2D eigenvalue weighted by atomic mass is 16.6. The number of unbranched alkanes of at least 4 members (excludes halogenated alkanes) is 5. The lowest BCUT2D eigenvalue weighted by atomic mass is 10.0. The minimum atomic E-state index is -1.05. The van der Waals surface area contributed by atoms with Gasteiger partial charge in [0.05, 0.1) is 6.61 Å². The molecule has 0 N–H and O–H groups in total. The molecule has 3 aromatic rings. The molecule has 2 aromatic carbocycles. The van der Waals surface area contributed by atoms with Crippen LogP contribution >= 0.6 is 0 Å². The molecule has 222 valence electrons. The van der Waals surface area contributed by atoms with Crippen LogP contribution in [0.15, 0.2) is 64.2 Å². The van der Waals surface area contributed by atoms with E-state index in [1.54, 1.807) is 13.8 Å². The average Bonchev–Trinajstić information content (AvgIpc) is 2.98. The second-order valence-corrected chi connectivity index (χ2v) is 10.6. The highest BCUT2D eigenvalue weighted by Gasteiger charge is 2.35. The number of nitrogens with zero attached hydrogens (tertiary/aromatic N) is 3. The zero-order valence-corrected chi connectivity index (χ0v) is 25.1. The van der Waals surface area contributed by atoms with Crippen LogP contribution < -0.4 is 16.0 Å². The lowest BCUT2D eigenvalue weighted by molar-refractivity contribution is -0.160. The van der Waals surface area contributed by atoms with E-state index in [2.05, 4.69) is 12.0 Å². The summed E-state index contributed by atoms with van der Waals surface area (Å²) in [6.07, 6.45) is 8.01. The summed E-state index contributed by atoms with van der Waals surface area (Å²) in [4.78, 5) is 39.1. The molecule has 1 heterocycles. The van der Waals surface area contributed by atoms with Crippen molar-refractivity contribution in [2.45, 2.75) is 104 Å². The van der Waals surface area contributed by atoms with Gasteiger partial charge in [-0.2, -0.15) is 5.10 Å². The van der Waals surface area contributed by atoms with Crippen molar-refractivity contribution in [2.24, 2.45) is 0 Å². The quantitative estimate of drug-likeness (QED) is 0.144. The first-order valence-electron chi connectivity index (χ1n) is 15.1. The molecule has 0 spiro atoms. The molecule has 1 unspecified atom stereocenters. The number of ether oxygens (including phenoxy) is 2. The molecule has 0 amide bonds. The van der Waals surface area contributed by atoms with Crippen molar-refractivity contribution < 1.29 is 14.3 Å². The van der Waals surface area contributed by atoms with E-state index in [4.69, 9.17) is 9.47 Å². The molecule has 0 saturated heterocycles. The molecule has 3 rings (SSSR count). The third kappa shape index (κ3) is 8.90. The third-order valence-electron chi connectivity index (χ3n) is 7.36. The SMILES string of the molecule is CCCCCCCn1nc(-c2ccccc2)c(=O)n(CCCCc2cccc(OC(C)(CC)C(=O)OCC)c2)c1=O. The Bertz CT molecular complexity index is 1370. The van der Waals surface area contributed by atoms with E-state index in [-0.39, 0.29) is 17.2 Å². The zero-order valence-electron chi connectivity index (χ0n) is 25.1. The molecule has 0 radical (unpaired) electrons. The predicted octanol–water partition coefficient (Wildman–Crippen LogP) is 6.18. The molecular weight excluding hydrogens is 518 g/mol. The number of carbonyl (C=O) groups excluding carboxylic acids is 1. The van der Waals surface area contributed by atoms with Gasteiger partial charge in [-0.3, -0.25) is 9.36 Å². The second kappa shape index (κ2) is 15.9. The number of hydrogen-bond acceptors (Lipinski definition) is 6. The summed E-state index contributed by atoms with van der Waals surface area (Å²) in [6, 6.07) is 17.0. The topological polar surface area (TPSA) is 92.4 Å². The monoisotopic (exact) mass is 563 g/mol. The van der Waals surface area contributed by atoms with E-state index < -0.39 is 5.60 Å². The van der Waals surface area contributed by atoms with Gasteiger partial charge in [-0.05, 0) is 63.6 Å². The lowest BCUT2D eigenvalue weighted by Gasteiger charge is -2.27. The average molecular weight is 564 g/mol. The third-order valence-corrected chi connectivity index (χ3v) is 7.36. The molecule has 0 fully saturated rings. The molecule has 0 aliphatic carbocycles. The molecule has 8 heteroatoms. The van der Waals surface area contributed by atoms with Gasteiger partial charge in [0.15, 0.2) is 5.69 Å². The number of carbonyl (C=O) groups is 1. The number of benzene rings is 2. The van der Waals surface area contributed by atoms with Crippen molar-refractivity contribution in [3.8, 4) is 17.0 Å². The van der Waals surface area contributed by atoms with Gasteiger partial charge in [0.25, 0.3) is 5.56 Å². The van der Waals surface area contributed by atoms with Gasteiger partial charge < -0.3 is 9.47 Å². The maximum Gasteiger partial charge on any atom is 0.350 e. The summed E-state index contributed by atoms with van der Waals surface area (Å²) in [7, 11) is 0. The summed E-state index contributed by atoms with van der Waals surface area (Å²) >= 11 is 0. The standard InChI is InChI=1S/C33H45N3O5/c1-5-8-9-10-15-24-36-32(39)35(30(37)29(34-36)27-20-12-11-13-21-27)23-16-14-18-26-19-17-22-28(25-26)41-33(4,6-2)31(38)40-7-3/h11-13,17,19-22,25H,5-10,14-16,18,23-24H2,1-4H3. The summed E-state index contributed by atoms with van der Waals surface area (Å²) in [5.74, 6) is 0.233. The van der Waals surface area contributed by atoms with Crippen molar-refractivity contribution in [3.63, 3.8) is 0 Å². The van der Waals surface area contributed by atoms with Gasteiger partial charge in [-0.15, -0.1) is 0 Å². The van der Waals surface area contributed by atoms with E-state index >= 15 is 0 Å². The van der Waals surface area contributed by atoms with Crippen molar-refractivity contribution in [1.82, 2.24) is 14.3 Å². The van der Waals surface area contributed by atoms with Crippen molar-refractivity contribution in [1.29, 1.82) is 0 Å². The van der Waals surface area contributed by atoms with E-state index in [9.17, 15) is 14.4 Å². The Morgan fingerprint density at radius 3 is 2.32 bits per heavy atom. The molecule has 0 aliphatic heterocycles. The van der Waals surface area contributed by atoms with E-state index in [0.717, 1.165) is 44.1 Å². The molecule has 0 saturated carbocycles. The van der Waals surface area contributed by atoms with E-state index in [1.807, 2.05) is 61.5 Å². The van der Waals surface area contributed by atoms with Crippen LogP contribution in [0.3, 0.4) is 0 Å². The van der Waals surface area contributed by atoms with Gasteiger partial charge in [0.1, 0.15) is 5.75 Å². The minimum absolute atomic E-state index is 0.301. The van der Waals surface area contributed by atoms with Crippen LogP contribution in [0.4, 0.5) is 0 Å². The Morgan fingerprint density at radius 1 is 0.878 bits per heavy atom. The number of esters is 1. The molecule has 1 aromatic heterocycles. The van der Waals surface area contributed by atoms with Crippen molar-refractivity contribution in [2.75, 3.05) is 6.61 Å². The summed E-state index contributed by atoms with van der Waals surface area (Å²) in [5, 5.41) is 4.49.